The van der Waals surface area contributed by atoms with Gasteiger partial charge >= 0.3 is 5.97 Å². The summed E-state index contributed by atoms with van der Waals surface area (Å²) in [5.41, 5.74) is 7.16. The second-order valence-corrected chi connectivity index (χ2v) is 13.1. The molecule has 1 fully saturated rings. The van der Waals surface area contributed by atoms with Crippen LogP contribution in [0.5, 0.6) is 0 Å². The summed E-state index contributed by atoms with van der Waals surface area (Å²) in [4.78, 5) is 20.0. The molecule has 0 aliphatic carbocycles. The normalized spacial score (nSPS) is 16.1. The van der Waals surface area contributed by atoms with Crippen LogP contribution in [0.15, 0.2) is 66.7 Å². The number of carboxylic acid groups (broad SMARTS) is 1. The van der Waals surface area contributed by atoms with E-state index in [0.29, 0.717) is 11.3 Å². The van der Waals surface area contributed by atoms with Gasteiger partial charge in [0.15, 0.2) is 6.10 Å². The molecule has 41 heavy (non-hydrogen) atoms. The lowest BCUT2D eigenvalue weighted by Crippen LogP contribution is -2.39. The molecule has 5 nitrogen and oxygen atoms in total. The van der Waals surface area contributed by atoms with Gasteiger partial charge in [0.2, 0.25) is 0 Å². The van der Waals surface area contributed by atoms with Crippen molar-refractivity contribution in [2.75, 3.05) is 18.0 Å². The van der Waals surface area contributed by atoms with E-state index in [2.05, 4.69) is 85.5 Å². The van der Waals surface area contributed by atoms with Crippen LogP contribution in [0.25, 0.3) is 33.0 Å². The molecule has 1 aromatic heterocycles. The van der Waals surface area contributed by atoms with Crippen LogP contribution in [0, 0.1) is 19.3 Å². The molecule has 0 radical (unpaired) electrons. The number of aromatic nitrogens is 1. The summed E-state index contributed by atoms with van der Waals surface area (Å²) in [6.45, 7) is 16.0. The standard InChI is InChI=1S/C36H42N2O3/c1-23-30(27-17-15-26(16-18-27)29-14-10-12-25-11-8-9-13-28(25)29)32(38-21-19-36(6,7)20-22-38)31(24(2)37-23)33(34(39)40)41-35(3,4)5/h8-18,33H,19-22H2,1-7H3,(H,39,40). The van der Waals surface area contributed by atoms with E-state index >= 15 is 0 Å². The number of ether oxygens (including phenoxy) is 1. The number of anilines is 1. The van der Waals surface area contributed by atoms with Crippen molar-refractivity contribution >= 4 is 22.4 Å². The van der Waals surface area contributed by atoms with Gasteiger partial charge in [-0.2, -0.15) is 0 Å². The monoisotopic (exact) mass is 550 g/mol. The minimum absolute atomic E-state index is 0.252. The van der Waals surface area contributed by atoms with E-state index in [1.54, 1.807) is 0 Å². The number of aryl methyl sites for hydroxylation is 2. The molecule has 4 aromatic rings. The summed E-state index contributed by atoms with van der Waals surface area (Å²) in [6, 6.07) is 23.5. The van der Waals surface area contributed by atoms with Crippen molar-refractivity contribution in [3.63, 3.8) is 0 Å². The lowest BCUT2D eigenvalue weighted by molar-refractivity contribution is -0.160. The van der Waals surface area contributed by atoms with Gasteiger partial charge < -0.3 is 14.7 Å². The van der Waals surface area contributed by atoms with Gasteiger partial charge in [-0.1, -0.05) is 80.6 Å². The molecular formula is C36H42N2O3. The van der Waals surface area contributed by atoms with Crippen molar-refractivity contribution < 1.29 is 14.6 Å². The Morgan fingerprint density at radius 2 is 1.51 bits per heavy atom. The van der Waals surface area contributed by atoms with Crippen LogP contribution in [0.4, 0.5) is 5.69 Å². The van der Waals surface area contributed by atoms with Crippen LogP contribution in [0.2, 0.25) is 0 Å². The van der Waals surface area contributed by atoms with Gasteiger partial charge in [0.05, 0.1) is 11.3 Å². The quantitative estimate of drug-likeness (QED) is 0.260. The highest BCUT2D eigenvalue weighted by molar-refractivity contribution is 5.97. The third kappa shape index (κ3) is 6.01. The molecule has 3 aromatic carbocycles. The number of rotatable bonds is 6. The van der Waals surface area contributed by atoms with Crippen LogP contribution in [-0.4, -0.2) is 34.8 Å². The molecular weight excluding hydrogens is 508 g/mol. The van der Waals surface area contributed by atoms with Gasteiger partial charge in [-0.25, -0.2) is 4.79 Å². The fraction of sp³-hybridized carbons (Fsp3) is 0.389. The number of aliphatic carboxylic acids is 1. The summed E-state index contributed by atoms with van der Waals surface area (Å²) in [5.74, 6) is -0.996. The van der Waals surface area contributed by atoms with E-state index < -0.39 is 17.7 Å². The van der Waals surface area contributed by atoms with Crippen molar-refractivity contribution in [2.45, 2.75) is 73.0 Å². The topological polar surface area (TPSA) is 62.7 Å². The first-order valence-corrected chi connectivity index (χ1v) is 14.6. The molecule has 1 aliphatic rings. The van der Waals surface area contributed by atoms with E-state index in [1.807, 2.05) is 34.6 Å². The van der Waals surface area contributed by atoms with Crippen molar-refractivity contribution in [3.8, 4) is 22.3 Å². The summed E-state index contributed by atoms with van der Waals surface area (Å²) in [7, 11) is 0. The number of hydrogen-bond donors (Lipinski definition) is 1. The zero-order chi connectivity index (χ0) is 29.5. The molecule has 1 saturated heterocycles. The summed E-state index contributed by atoms with van der Waals surface area (Å²) < 4.78 is 6.22. The minimum atomic E-state index is -1.12. The molecule has 1 unspecified atom stereocenters. The van der Waals surface area contributed by atoms with Gasteiger partial charge in [0.25, 0.3) is 0 Å². The Kier molecular flexibility index (Phi) is 7.69. The molecule has 2 heterocycles. The van der Waals surface area contributed by atoms with E-state index in [4.69, 9.17) is 9.72 Å². The van der Waals surface area contributed by atoms with Gasteiger partial charge in [0, 0.05) is 35.6 Å². The second-order valence-electron chi connectivity index (χ2n) is 13.1. The molecule has 1 atom stereocenters. The average Bonchev–Trinajstić information content (AvgIpc) is 2.91. The maximum absolute atomic E-state index is 12.7. The molecule has 0 bridgehead atoms. The largest absolute Gasteiger partial charge is 0.479 e. The van der Waals surface area contributed by atoms with E-state index in [1.165, 1.54) is 16.3 Å². The highest BCUT2D eigenvalue weighted by Gasteiger charge is 2.36. The Labute approximate surface area is 244 Å². The van der Waals surface area contributed by atoms with E-state index in [9.17, 15) is 9.90 Å². The summed E-state index contributed by atoms with van der Waals surface area (Å²) in [6.07, 6.45) is 0.940. The molecule has 1 aliphatic heterocycles. The first kappa shape index (κ1) is 28.8. The Morgan fingerprint density at radius 3 is 2.15 bits per heavy atom. The fourth-order valence-electron chi connectivity index (χ4n) is 6.05. The molecule has 214 valence electrons. The Balaban J connectivity index is 1.68. The van der Waals surface area contributed by atoms with Gasteiger partial charge in [0.1, 0.15) is 0 Å². The average molecular weight is 551 g/mol. The zero-order valence-electron chi connectivity index (χ0n) is 25.4. The first-order valence-electron chi connectivity index (χ1n) is 14.6. The summed E-state index contributed by atoms with van der Waals surface area (Å²) >= 11 is 0. The van der Waals surface area contributed by atoms with Crippen molar-refractivity contribution in [2.24, 2.45) is 5.41 Å². The maximum Gasteiger partial charge on any atom is 0.337 e. The predicted molar refractivity (Wildman–Crippen MR) is 169 cm³/mol. The van der Waals surface area contributed by atoms with E-state index in [0.717, 1.165) is 54.0 Å². The van der Waals surface area contributed by atoms with E-state index in [-0.39, 0.29) is 5.41 Å². The van der Waals surface area contributed by atoms with Crippen LogP contribution in [-0.2, 0) is 9.53 Å². The second kappa shape index (κ2) is 10.9. The maximum atomic E-state index is 12.7. The minimum Gasteiger partial charge on any atom is -0.479 e. The van der Waals surface area contributed by atoms with Gasteiger partial charge in [-0.15, -0.1) is 0 Å². The number of piperidine rings is 1. The highest BCUT2D eigenvalue weighted by Crippen LogP contribution is 2.45. The lowest BCUT2D eigenvalue weighted by atomic mass is 9.81. The third-order valence-electron chi connectivity index (χ3n) is 8.24. The van der Waals surface area contributed by atoms with Gasteiger partial charge in [-0.05, 0) is 80.3 Å². The van der Waals surface area contributed by atoms with Gasteiger partial charge in [-0.3, -0.25) is 4.98 Å². The Bertz CT molecular complexity index is 1570. The van der Waals surface area contributed by atoms with Crippen molar-refractivity contribution in [1.29, 1.82) is 0 Å². The molecule has 5 rings (SSSR count). The van der Waals surface area contributed by atoms with Crippen LogP contribution in [0.1, 0.15) is 70.5 Å². The fourth-order valence-corrected chi connectivity index (χ4v) is 6.05. The van der Waals surface area contributed by atoms with Crippen molar-refractivity contribution in [1.82, 2.24) is 4.98 Å². The van der Waals surface area contributed by atoms with Crippen LogP contribution >= 0.6 is 0 Å². The molecule has 0 saturated carbocycles. The smallest absolute Gasteiger partial charge is 0.337 e. The molecule has 1 N–H and O–H groups in total. The SMILES string of the molecule is Cc1nc(C)c(C(OC(C)(C)C)C(=O)O)c(N2CCC(C)(C)CC2)c1-c1ccc(-c2cccc3ccccc23)cc1. The number of pyridine rings is 1. The number of carbonyl (C=O) groups is 1. The van der Waals surface area contributed by atoms with Crippen LogP contribution in [0.3, 0.4) is 0 Å². The zero-order valence-corrected chi connectivity index (χ0v) is 25.4. The number of fused-ring (bicyclic) bond motifs is 1. The Hall–Kier alpha value is -3.70. The molecule has 5 heteroatoms. The third-order valence-corrected chi connectivity index (χ3v) is 8.24. The molecule has 0 spiro atoms. The number of carboxylic acids is 1. The van der Waals surface area contributed by atoms with Crippen molar-refractivity contribution in [3.05, 3.63) is 83.7 Å². The first-order chi connectivity index (χ1) is 19.3. The lowest BCUT2D eigenvalue weighted by Gasteiger charge is -2.41. The molecule has 0 amide bonds. The number of hydrogen-bond acceptors (Lipinski definition) is 4. The predicted octanol–water partition coefficient (Wildman–Crippen LogP) is 8.75. The van der Waals surface area contributed by atoms with Crippen LogP contribution < -0.4 is 4.90 Å². The Morgan fingerprint density at radius 1 is 0.902 bits per heavy atom. The number of nitrogens with zero attached hydrogens (tertiary/aromatic N) is 2. The number of benzene rings is 3. The highest BCUT2D eigenvalue weighted by atomic mass is 16.5. The summed E-state index contributed by atoms with van der Waals surface area (Å²) in [5, 5.41) is 12.9.